The van der Waals surface area contributed by atoms with E-state index in [9.17, 15) is 9.59 Å². The van der Waals surface area contributed by atoms with E-state index in [0.29, 0.717) is 25.3 Å². The minimum Gasteiger partial charge on any atom is -0.365 e. The van der Waals surface area contributed by atoms with Crippen LogP contribution >= 0.6 is 11.3 Å². The summed E-state index contributed by atoms with van der Waals surface area (Å²) in [6.45, 7) is 3.13. The topological polar surface area (TPSA) is 71.5 Å². The first-order valence-electron chi connectivity index (χ1n) is 8.19. The van der Waals surface area contributed by atoms with Crippen molar-refractivity contribution in [3.8, 4) is 0 Å². The van der Waals surface area contributed by atoms with Crippen LogP contribution in [0, 0.1) is 6.92 Å². The molecule has 1 N–H and O–H groups in total. The predicted molar refractivity (Wildman–Crippen MR) is 95.8 cm³/mol. The lowest BCUT2D eigenvalue weighted by Gasteiger charge is -2.31. The zero-order valence-electron chi connectivity index (χ0n) is 14.3. The number of aromatic nitrogens is 1. The first kappa shape index (κ1) is 17.6. The van der Waals surface area contributed by atoms with Crippen LogP contribution in [-0.4, -0.2) is 54.5 Å². The second-order valence-electron chi connectivity index (χ2n) is 6.01. The number of thiazole rings is 1. The number of morpholine rings is 1. The van der Waals surface area contributed by atoms with E-state index < -0.39 is 6.10 Å². The van der Waals surface area contributed by atoms with Crippen molar-refractivity contribution in [2.75, 3.05) is 26.7 Å². The molecule has 2 heterocycles. The number of benzene rings is 1. The molecule has 132 valence electrons. The summed E-state index contributed by atoms with van der Waals surface area (Å²) >= 11 is 1.48. The van der Waals surface area contributed by atoms with Crippen LogP contribution in [0.25, 0.3) is 0 Å². The van der Waals surface area contributed by atoms with Gasteiger partial charge in [0.25, 0.3) is 11.8 Å². The Hall–Kier alpha value is -2.25. The number of hydrogen-bond donors (Lipinski definition) is 1. The summed E-state index contributed by atoms with van der Waals surface area (Å²) in [7, 11) is 1.56. The zero-order chi connectivity index (χ0) is 17.8. The molecule has 1 aliphatic rings. The maximum atomic E-state index is 12.6. The standard InChI is InChI=1S/C18H21N3O3S/c1-12-3-5-13(6-4-12)9-16-20-14(11-25-16)18(23)21-7-8-24-15(10-21)17(22)19-2/h3-6,11,15H,7-10H2,1-2H3,(H,19,22). The minimum atomic E-state index is -0.617. The molecule has 0 bridgehead atoms. The molecule has 0 aliphatic carbocycles. The summed E-state index contributed by atoms with van der Waals surface area (Å²) in [6.07, 6.45) is 0.0933. The summed E-state index contributed by atoms with van der Waals surface area (Å²) < 4.78 is 5.42. The molecule has 3 rings (SSSR count). The molecule has 1 aliphatic heterocycles. The smallest absolute Gasteiger partial charge is 0.273 e. The van der Waals surface area contributed by atoms with Crippen molar-refractivity contribution in [2.45, 2.75) is 19.4 Å². The molecule has 1 saturated heterocycles. The average Bonchev–Trinajstić information content (AvgIpc) is 3.11. The molecule has 1 aromatic heterocycles. The van der Waals surface area contributed by atoms with Crippen molar-refractivity contribution < 1.29 is 14.3 Å². The number of likely N-dealkylation sites (N-methyl/N-ethyl adjacent to an activating group) is 1. The van der Waals surface area contributed by atoms with Crippen LogP contribution in [0.2, 0.25) is 0 Å². The van der Waals surface area contributed by atoms with Crippen LogP contribution < -0.4 is 5.32 Å². The van der Waals surface area contributed by atoms with Crippen LogP contribution in [0.4, 0.5) is 0 Å². The summed E-state index contributed by atoms with van der Waals surface area (Å²) in [6, 6.07) is 8.30. The maximum absolute atomic E-state index is 12.6. The van der Waals surface area contributed by atoms with Gasteiger partial charge in [-0.25, -0.2) is 4.98 Å². The van der Waals surface area contributed by atoms with E-state index in [-0.39, 0.29) is 18.4 Å². The number of amides is 2. The van der Waals surface area contributed by atoms with Gasteiger partial charge in [-0.3, -0.25) is 9.59 Å². The van der Waals surface area contributed by atoms with Crippen molar-refractivity contribution >= 4 is 23.2 Å². The van der Waals surface area contributed by atoms with Gasteiger partial charge in [-0.05, 0) is 12.5 Å². The zero-order valence-corrected chi connectivity index (χ0v) is 15.1. The molecular weight excluding hydrogens is 338 g/mol. The molecule has 1 aromatic carbocycles. The molecule has 2 amide bonds. The molecule has 1 atom stereocenters. The number of rotatable bonds is 4. The Bertz CT molecular complexity index is 757. The molecule has 0 spiro atoms. The Morgan fingerprint density at radius 1 is 1.36 bits per heavy atom. The normalized spacial score (nSPS) is 17.4. The van der Waals surface area contributed by atoms with Gasteiger partial charge in [-0.1, -0.05) is 29.8 Å². The van der Waals surface area contributed by atoms with Crippen LogP contribution in [0.15, 0.2) is 29.6 Å². The van der Waals surface area contributed by atoms with Crippen molar-refractivity contribution in [2.24, 2.45) is 0 Å². The fourth-order valence-electron chi connectivity index (χ4n) is 2.69. The second-order valence-corrected chi connectivity index (χ2v) is 6.96. The third-order valence-electron chi connectivity index (χ3n) is 4.14. The highest BCUT2D eigenvalue weighted by Crippen LogP contribution is 2.18. The predicted octanol–water partition coefficient (Wildman–Crippen LogP) is 1.63. The molecule has 7 heteroatoms. The summed E-state index contributed by atoms with van der Waals surface area (Å²) in [5.74, 6) is -0.362. The molecule has 1 unspecified atom stereocenters. The SMILES string of the molecule is CNC(=O)C1CN(C(=O)c2csc(Cc3ccc(C)cc3)n2)CCO1. The summed E-state index contributed by atoms with van der Waals surface area (Å²) in [4.78, 5) is 30.5. The van der Waals surface area contributed by atoms with Crippen molar-refractivity contribution in [1.29, 1.82) is 0 Å². The first-order valence-corrected chi connectivity index (χ1v) is 9.07. The highest BCUT2D eigenvalue weighted by atomic mass is 32.1. The summed E-state index contributed by atoms with van der Waals surface area (Å²) in [5.41, 5.74) is 2.83. The number of nitrogens with one attached hydrogen (secondary N) is 1. The van der Waals surface area contributed by atoms with Crippen molar-refractivity contribution in [1.82, 2.24) is 15.2 Å². The molecule has 0 radical (unpaired) electrons. The van der Waals surface area contributed by atoms with Gasteiger partial charge in [-0.2, -0.15) is 0 Å². The Morgan fingerprint density at radius 3 is 2.84 bits per heavy atom. The van der Waals surface area contributed by atoms with Crippen LogP contribution in [-0.2, 0) is 16.0 Å². The number of hydrogen-bond acceptors (Lipinski definition) is 5. The van der Waals surface area contributed by atoms with Crippen molar-refractivity contribution in [3.63, 3.8) is 0 Å². The van der Waals surface area contributed by atoms with Crippen LogP contribution in [0.3, 0.4) is 0 Å². The lowest BCUT2D eigenvalue weighted by Crippen LogP contribution is -2.51. The monoisotopic (exact) mass is 359 g/mol. The molecule has 6 nitrogen and oxygen atoms in total. The van der Waals surface area contributed by atoms with Gasteiger partial charge in [-0.15, -0.1) is 11.3 Å². The number of carbonyl (C=O) groups is 2. The minimum absolute atomic E-state index is 0.149. The fraction of sp³-hybridized carbons (Fsp3) is 0.389. The van der Waals surface area contributed by atoms with Gasteiger partial charge in [0, 0.05) is 25.4 Å². The summed E-state index contributed by atoms with van der Waals surface area (Å²) in [5, 5.41) is 5.25. The highest BCUT2D eigenvalue weighted by Gasteiger charge is 2.30. The Morgan fingerprint density at radius 2 is 2.12 bits per heavy atom. The van der Waals surface area contributed by atoms with Gasteiger partial charge in [0.1, 0.15) is 5.69 Å². The highest BCUT2D eigenvalue weighted by molar-refractivity contribution is 7.09. The third kappa shape index (κ3) is 4.24. The lowest BCUT2D eigenvalue weighted by atomic mass is 10.1. The van der Waals surface area contributed by atoms with Crippen LogP contribution in [0.1, 0.15) is 26.6 Å². The number of carbonyl (C=O) groups excluding carboxylic acids is 2. The number of ether oxygens (including phenoxy) is 1. The lowest BCUT2D eigenvalue weighted by molar-refractivity contribution is -0.136. The van der Waals surface area contributed by atoms with E-state index in [1.807, 2.05) is 0 Å². The Kier molecular flexibility index (Phi) is 5.45. The van der Waals surface area contributed by atoms with Gasteiger partial charge in [0.15, 0.2) is 6.10 Å². The first-order chi connectivity index (χ1) is 12.1. The van der Waals surface area contributed by atoms with Crippen LogP contribution in [0.5, 0.6) is 0 Å². The van der Waals surface area contributed by atoms with E-state index in [0.717, 1.165) is 5.01 Å². The maximum Gasteiger partial charge on any atom is 0.273 e. The molecular formula is C18H21N3O3S. The Balaban J connectivity index is 1.65. The Labute approximate surface area is 150 Å². The third-order valence-corrected chi connectivity index (χ3v) is 4.99. The largest absolute Gasteiger partial charge is 0.365 e. The van der Waals surface area contributed by atoms with Gasteiger partial charge in [0.2, 0.25) is 0 Å². The second kappa shape index (κ2) is 7.76. The van der Waals surface area contributed by atoms with E-state index in [1.165, 1.54) is 22.5 Å². The number of aryl methyl sites for hydroxylation is 1. The number of nitrogens with zero attached hydrogens (tertiary/aromatic N) is 2. The van der Waals surface area contributed by atoms with E-state index in [4.69, 9.17) is 4.74 Å². The van der Waals surface area contributed by atoms with E-state index in [2.05, 4.69) is 41.5 Å². The van der Waals surface area contributed by atoms with Gasteiger partial charge >= 0.3 is 0 Å². The van der Waals surface area contributed by atoms with Crippen molar-refractivity contribution in [3.05, 3.63) is 51.5 Å². The molecule has 2 aromatic rings. The van der Waals surface area contributed by atoms with Gasteiger partial charge < -0.3 is 15.0 Å². The molecule has 0 saturated carbocycles. The molecule has 1 fully saturated rings. The average molecular weight is 359 g/mol. The van der Waals surface area contributed by atoms with Gasteiger partial charge in [0.05, 0.1) is 18.2 Å². The van der Waals surface area contributed by atoms with E-state index in [1.54, 1.807) is 17.3 Å². The fourth-order valence-corrected chi connectivity index (χ4v) is 3.49. The quantitative estimate of drug-likeness (QED) is 0.901. The molecule has 25 heavy (non-hydrogen) atoms. The van der Waals surface area contributed by atoms with E-state index >= 15 is 0 Å².